The number of carbonyl (C=O) groups excluding carboxylic acids is 1. The maximum absolute atomic E-state index is 12.2. The molecule has 1 rings (SSSR count). The largest absolute Gasteiger partial charge is 0.465 e. The highest BCUT2D eigenvalue weighted by molar-refractivity contribution is 5.38. The van der Waals surface area contributed by atoms with Crippen molar-refractivity contribution < 1.29 is 18.3 Å². The Kier molecular flexibility index (Phi) is 6.01. The van der Waals surface area contributed by atoms with Crippen LogP contribution in [0.25, 0.3) is 0 Å². The molecule has 1 aromatic rings. The van der Waals surface area contributed by atoms with Crippen LogP contribution in [0.1, 0.15) is 13.8 Å². The van der Waals surface area contributed by atoms with Gasteiger partial charge in [0.25, 0.3) is 6.47 Å². The number of anilines is 1. The van der Waals surface area contributed by atoms with Gasteiger partial charge in [0.2, 0.25) is 0 Å². The monoisotopic (exact) mass is 217 g/mol. The maximum Gasteiger partial charge on any atom is 0.293 e. The fourth-order valence-electron chi connectivity index (χ4n) is 0.613. The highest BCUT2D eigenvalue weighted by atomic mass is 19.1. The number of nitrogens with two attached hydrogens (primary N) is 1. The summed E-state index contributed by atoms with van der Waals surface area (Å²) in [7, 11) is 0. The van der Waals surface area contributed by atoms with Crippen molar-refractivity contribution in [2.75, 3.05) is 5.73 Å². The van der Waals surface area contributed by atoms with Crippen LogP contribution >= 0.6 is 0 Å². The van der Waals surface area contributed by atoms with E-state index in [1.807, 2.05) is 0 Å². The molecule has 0 fully saturated rings. The third-order valence-corrected chi connectivity index (χ3v) is 1.29. The summed E-state index contributed by atoms with van der Waals surface area (Å²) in [5, 5.41) is 0. The van der Waals surface area contributed by atoms with Gasteiger partial charge in [0, 0.05) is 6.07 Å². The molecule has 0 unspecified atom stereocenters. The number of halogens is 2. The van der Waals surface area contributed by atoms with Crippen LogP contribution in [0.4, 0.5) is 14.5 Å². The first kappa shape index (κ1) is 13.4. The van der Waals surface area contributed by atoms with Gasteiger partial charge in [-0.25, -0.2) is 8.78 Å². The lowest BCUT2D eigenvalue weighted by Gasteiger charge is -1.96. The molecule has 84 valence electrons. The summed E-state index contributed by atoms with van der Waals surface area (Å²) in [6.45, 7) is 4.05. The molecule has 3 nitrogen and oxygen atoms in total. The molecule has 0 aliphatic carbocycles. The Hall–Kier alpha value is -1.65. The van der Waals surface area contributed by atoms with Gasteiger partial charge in [-0.3, -0.25) is 4.79 Å². The average Bonchev–Trinajstić information content (AvgIpc) is 2.13. The standard InChI is InChI=1S/C6H5F2N.C4H8O2/c7-4-1-2-6(9)5(8)3-4;1-4(2)6-3-5/h1-3H,9H2;3-4H,1-2H3. The SMILES string of the molecule is CC(C)OC=O.Nc1ccc(F)cc1F. The molecule has 0 radical (unpaired) electrons. The summed E-state index contributed by atoms with van der Waals surface area (Å²) >= 11 is 0. The Balaban J connectivity index is 0.000000288. The van der Waals surface area contributed by atoms with Crippen LogP contribution in [-0.4, -0.2) is 12.6 Å². The van der Waals surface area contributed by atoms with Gasteiger partial charge >= 0.3 is 0 Å². The number of benzene rings is 1. The minimum Gasteiger partial charge on any atom is -0.465 e. The molecule has 0 aromatic heterocycles. The molecule has 2 N–H and O–H groups in total. The normalized spacial score (nSPS) is 9.13. The lowest BCUT2D eigenvalue weighted by molar-refractivity contribution is -0.131. The summed E-state index contributed by atoms with van der Waals surface area (Å²) in [6.07, 6.45) is 0.0301. The number of hydrogen-bond donors (Lipinski definition) is 1. The van der Waals surface area contributed by atoms with Gasteiger partial charge < -0.3 is 10.5 Å². The summed E-state index contributed by atoms with van der Waals surface area (Å²) in [5.74, 6) is -1.32. The zero-order valence-electron chi connectivity index (χ0n) is 8.54. The molecule has 0 spiro atoms. The van der Waals surface area contributed by atoms with Crippen LogP contribution < -0.4 is 5.73 Å². The summed E-state index contributed by atoms with van der Waals surface area (Å²) in [5.41, 5.74) is 5.02. The van der Waals surface area contributed by atoms with E-state index in [1.54, 1.807) is 13.8 Å². The summed E-state index contributed by atoms with van der Waals surface area (Å²) in [4.78, 5) is 9.39. The fourth-order valence-corrected chi connectivity index (χ4v) is 0.613. The van der Waals surface area contributed by atoms with Crippen molar-refractivity contribution in [3.8, 4) is 0 Å². The van der Waals surface area contributed by atoms with E-state index < -0.39 is 11.6 Å². The van der Waals surface area contributed by atoms with E-state index in [1.165, 1.54) is 6.07 Å². The molecule has 0 saturated heterocycles. The smallest absolute Gasteiger partial charge is 0.293 e. The lowest BCUT2D eigenvalue weighted by Crippen LogP contribution is -1.98. The van der Waals surface area contributed by atoms with Crippen LogP contribution in [0.5, 0.6) is 0 Å². The van der Waals surface area contributed by atoms with Crippen molar-refractivity contribution in [3.05, 3.63) is 29.8 Å². The lowest BCUT2D eigenvalue weighted by atomic mass is 10.3. The molecule has 0 bridgehead atoms. The zero-order valence-corrected chi connectivity index (χ0v) is 8.54. The molecule has 15 heavy (non-hydrogen) atoms. The van der Waals surface area contributed by atoms with Crippen molar-refractivity contribution in [3.63, 3.8) is 0 Å². The van der Waals surface area contributed by atoms with Gasteiger partial charge in [-0.15, -0.1) is 0 Å². The molecule has 0 amide bonds. The van der Waals surface area contributed by atoms with E-state index in [4.69, 9.17) is 5.73 Å². The van der Waals surface area contributed by atoms with Crippen molar-refractivity contribution in [2.45, 2.75) is 20.0 Å². The van der Waals surface area contributed by atoms with E-state index in [9.17, 15) is 13.6 Å². The van der Waals surface area contributed by atoms with Crippen molar-refractivity contribution in [2.24, 2.45) is 0 Å². The average molecular weight is 217 g/mol. The number of ether oxygens (including phenoxy) is 1. The highest BCUT2D eigenvalue weighted by Crippen LogP contribution is 2.09. The number of hydrogen-bond acceptors (Lipinski definition) is 3. The second kappa shape index (κ2) is 6.75. The van der Waals surface area contributed by atoms with Crippen LogP contribution in [0.15, 0.2) is 18.2 Å². The van der Waals surface area contributed by atoms with Crippen LogP contribution in [0.3, 0.4) is 0 Å². The van der Waals surface area contributed by atoms with E-state index in [0.717, 1.165) is 12.1 Å². The molecule has 0 aliphatic heterocycles. The predicted octanol–water partition coefficient (Wildman–Crippen LogP) is 2.11. The van der Waals surface area contributed by atoms with Gasteiger partial charge in [-0.1, -0.05) is 0 Å². The molecule has 5 heteroatoms. The Morgan fingerprint density at radius 2 is 2.00 bits per heavy atom. The Bertz CT molecular complexity index is 316. The van der Waals surface area contributed by atoms with Crippen molar-refractivity contribution in [1.29, 1.82) is 0 Å². The van der Waals surface area contributed by atoms with Crippen LogP contribution in [0.2, 0.25) is 0 Å². The highest BCUT2D eigenvalue weighted by Gasteiger charge is 1.96. The van der Waals surface area contributed by atoms with Crippen LogP contribution in [-0.2, 0) is 9.53 Å². The third kappa shape index (κ3) is 6.42. The number of nitrogen functional groups attached to an aromatic ring is 1. The second-order valence-corrected chi connectivity index (χ2v) is 2.95. The van der Waals surface area contributed by atoms with Crippen molar-refractivity contribution in [1.82, 2.24) is 0 Å². The molecular weight excluding hydrogens is 204 g/mol. The molecule has 0 saturated carbocycles. The zero-order chi connectivity index (χ0) is 11.8. The summed E-state index contributed by atoms with van der Waals surface area (Å²) < 4.78 is 28.6. The first-order valence-electron chi connectivity index (χ1n) is 4.27. The third-order valence-electron chi connectivity index (χ3n) is 1.29. The van der Waals surface area contributed by atoms with E-state index in [2.05, 4.69) is 4.74 Å². The Labute approximate surface area is 86.8 Å². The Morgan fingerprint density at radius 1 is 1.40 bits per heavy atom. The van der Waals surface area contributed by atoms with Gasteiger partial charge in [-0.2, -0.15) is 0 Å². The Morgan fingerprint density at radius 3 is 2.27 bits per heavy atom. The predicted molar refractivity (Wildman–Crippen MR) is 53.1 cm³/mol. The first-order valence-corrected chi connectivity index (χ1v) is 4.27. The quantitative estimate of drug-likeness (QED) is 0.609. The van der Waals surface area contributed by atoms with Crippen LogP contribution in [0, 0.1) is 11.6 Å². The van der Waals surface area contributed by atoms with Gasteiger partial charge in [-0.05, 0) is 26.0 Å². The number of carbonyl (C=O) groups is 1. The molecular formula is C10H13F2NO2. The van der Waals surface area contributed by atoms with Gasteiger partial charge in [0.1, 0.15) is 11.6 Å². The van der Waals surface area contributed by atoms with E-state index >= 15 is 0 Å². The van der Waals surface area contributed by atoms with Crippen molar-refractivity contribution >= 4 is 12.2 Å². The first-order chi connectivity index (χ1) is 6.97. The fraction of sp³-hybridized carbons (Fsp3) is 0.300. The van der Waals surface area contributed by atoms with E-state index in [-0.39, 0.29) is 11.8 Å². The topological polar surface area (TPSA) is 52.3 Å². The molecule has 0 heterocycles. The molecule has 0 atom stereocenters. The minimum atomic E-state index is -0.713. The van der Waals surface area contributed by atoms with Gasteiger partial charge in [0.05, 0.1) is 11.8 Å². The van der Waals surface area contributed by atoms with E-state index in [0.29, 0.717) is 6.47 Å². The summed E-state index contributed by atoms with van der Waals surface area (Å²) in [6, 6.07) is 3.04. The minimum absolute atomic E-state index is 0.0301. The molecule has 0 aliphatic rings. The number of rotatable bonds is 2. The molecule has 1 aromatic carbocycles. The maximum atomic E-state index is 12.2. The second-order valence-electron chi connectivity index (χ2n) is 2.95. The van der Waals surface area contributed by atoms with Gasteiger partial charge in [0.15, 0.2) is 0 Å².